The van der Waals surface area contributed by atoms with Gasteiger partial charge in [-0.2, -0.15) is 15.0 Å². The number of ether oxygens (including phenoxy) is 2. The van der Waals surface area contributed by atoms with Crippen LogP contribution in [0.1, 0.15) is 18.7 Å². The minimum atomic E-state index is -2.98. The molecule has 2 fully saturated rings. The largest absolute Gasteiger partial charge is 0.465 e. The number of anilines is 3. The number of para-hydroxylation sites is 1. The number of rotatable bonds is 8. The summed E-state index contributed by atoms with van der Waals surface area (Å²) in [4.78, 5) is 44.8. The van der Waals surface area contributed by atoms with Crippen molar-refractivity contribution >= 4 is 40.6 Å². The van der Waals surface area contributed by atoms with E-state index in [1.165, 1.54) is 10.6 Å². The molecule has 2 aliphatic heterocycles. The first-order valence-electron chi connectivity index (χ1n) is 12.4. The highest BCUT2D eigenvalue weighted by Crippen LogP contribution is 2.31. The normalized spacial score (nSPS) is 16.1. The molecule has 0 bridgehead atoms. The fourth-order valence-corrected chi connectivity index (χ4v) is 4.32. The van der Waals surface area contributed by atoms with Gasteiger partial charge in [0.25, 0.3) is 6.43 Å². The van der Waals surface area contributed by atoms with Crippen LogP contribution in [0.15, 0.2) is 18.2 Å². The molecule has 0 aliphatic carbocycles. The van der Waals surface area contributed by atoms with E-state index in [4.69, 9.17) is 14.6 Å². The molecule has 0 atom stereocenters. The molecular weight excluding hydrogens is 520 g/mol. The number of amides is 2. The lowest BCUT2D eigenvalue weighted by Gasteiger charge is -2.30. The summed E-state index contributed by atoms with van der Waals surface area (Å²) in [6.45, 7) is 3.95. The molecule has 39 heavy (non-hydrogen) atoms. The Morgan fingerprint density at radius 2 is 1.51 bits per heavy atom. The number of alkyl halides is 2. The summed E-state index contributed by atoms with van der Waals surface area (Å²) in [5.74, 6) is -0.454. The maximum Gasteiger partial charge on any atom is 0.404 e. The van der Waals surface area contributed by atoms with Crippen molar-refractivity contribution in [3.63, 3.8) is 0 Å². The average molecular weight is 548 g/mol. The van der Waals surface area contributed by atoms with Crippen molar-refractivity contribution in [2.24, 2.45) is 0 Å². The van der Waals surface area contributed by atoms with E-state index in [9.17, 15) is 18.4 Å². The summed E-state index contributed by atoms with van der Waals surface area (Å²) in [5, 5.41) is 13.4. The second-order valence-electron chi connectivity index (χ2n) is 8.74. The molecule has 0 radical (unpaired) electrons. The number of morpholine rings is 2. The van der Waals surface area contributed by atoms with Gasteiger partial charge in [-0.25, -0.2) is 18.6 Å². The van der Waals surface area contributed by atoms with E-state index in [2.05, 4.69) is 30.6 Å². The van der Waals surface area contributed by atoms with E-state index in [1.807, 2.05) is 9.80 Å². The van der Waals surface area contributed by atoms with Gasteiger partial charge in [-0.1, -0.05) is 6.07 Å². The highest BCUT2D eigenvalue weighted by atomic mass is 19.3. The Kier molecular flexibility index (Phi) is 7.92. The summed E-state index contributed by atoms with van der Waals surface area (Å²) in [7, 11) is 0. The lowest BCUT2D eigenvalue weighted by molar-refractivity contribution is -0.116. The number of aromatic nitrogens is 5. The Bertz CT molecular complexity index is 1310. The van der Waals surface area contributed by atoms with E-state index in [1.54, 1.807) is 12.1 Å². The third-order valence-electron chi connectivity index (χ3n) is 6.20. The van der Waals surface area contributed by atoms with Gasteiger partial charge in [0.2, 0.25) is 23.8 Å². The summed E-state index contributed by atoms with van der Waals surface area (Å²) >= 11 is 0. The SMILES string of the molecule is O=C(O)NCCC(=O)Nc1cccc2c1nc(C(F)F)n2-c1nc(N2CCOCC2)nc(N2CCOCC2)n1. The molecule has 208 valence electrons. The van der Waals surface area contributed by atoms with Gasteiger partial charge in [0, 0.05) is 39.1 Å². The van der Waals surface area contributed by atoms with Crippen LogP contribution >= 0.6 is 0 Å². The number of halogens is 2. The maximum absolute atomic E-state index is 14.3. The molecule has 16 heteroatoms. The van der Waals surface area contributed by atoms with Crippen molar-refractivity contribution in [1.82, 2.24) is 29.8 Å². The molecule has 1 aromatic carbocycles. The van der Waals surface area contributed by atoms with Crippen molar-refractivity contribution in [3.8, 4) is 5.95 Å². The van der Waals surface area contributed by atoms with E-state index in [0.717, 1.165) is 0 Å². The Morgan fingerprint density at radius 1 is 0.923 bits per heavy atom. The smallest absolute Gasteiger partial charge is 0.404 e. The van der Waals surface area contributed by atoms with Gasteiger partial charge in [0.1, 0.15) is 5.52 Å². The van der Waals surface area contributed by atoms with Crippen LogP contribution in [0.4, 0.5) is 31.2 Å². The topological polar surface area (TPSA) is 160 Å². The van der Waals surface area contributed by atoms with E-state index in [-0.39, 0.29) is 35.6 Å². The van der Waals surface area contributed by atoms with Gasteiger partial charge in [-0.15, -0.1) is 0 Å². The average Bonchev–Trinajstić information content (AvgIpc) is 3.35. The first-order valence-corrected chi connectivity index (χ1v) is 12.4. The number of carbonyl (C=O) groups excluding carboxylic acids is 1. The number of imidazole rings is 1. The van der Waals surface area contributed by atoms with Crippen molar-refractivity contribution in [2.75, 3.05) is 74.3 Å². The zero-order valence-corrected chi connectivity index (χ0v) is 20.8. The molecule has 0 unspecified atom stereocenters. The zero-order valence-electron chi connectivity index (χ0n) is 20.8. The summed E-state index contributed by atoms with van der Waals surface area (Å²) in [6, 6.07) is 4.71. The number of nitrogens with one attached hydrogen (secondary N) is 2. The highest BCUT2D eigenvalue weighted by Gasteiger charge is 2.27. The third kappa shape index (κ3) is 5.96. The van der Waals surface area contributed by atoms with Gasteiger partial charge >= 0.3 is 6.09 Å². The number of hydrogen-bond donors (Lipinski definition) is 3. The van der Waals surface area contributed by atoms with Crippen LogP contribution in [0.25, 0.3) is 17.0 Å². The molecule has 14 nitrogen and oxygen atoms in total. The van der Waals surface area contributed by atoms with Crippen LogP contribution in [0.5, 0.6) is 0 Å². The predicted molar refractivity (Wildman–Crippen MR) is 135 cm³/mol. The zero-order chi connectivity index (χ0) is 27.4. The quantitative estimate of drug-likeness (QED) is 0.374. The standard InChI is InChI=1S/C23H27F2N9O5/c24-18(25)19-28-17-14(27-16(35)4-5-26-23(36)37)2-1-3-15(17)34(19)22-30-20(32-6-10-38-11-7-32)29-21(31-22)33-8-12-39-13-9-33/h1-3,18,26H,4-13H2,(H,27,35)(H,36,37). The Hall–Kier alpha value is -4.18. The Labute approximate surface area is 220 Å². The van der Waals surface area contributed by atoms with Crippen molar-refractivity contribution in [1.29, 1.82) is 0 Å². The van der Waals surface area contributed by atoms with Crippen molar-refractivity contribution < 1.29 is 33.0 Å². The molecule has 2 aromatic heterocycles. The van der Waals surface area contributed by atoms with Crippen LogP contribution in [0.2, 0.25) is 0 Å². The van der Waals surface area contributed by atoms with Crippen LogP contribution in [0.3, 0.4) is 0 Å². The number of fused-ring (bicyclic) bond motifs is 1. The Balaban J connectivity index is 1.57. The lowest BCUT2D eigenvalue weighted by Crippen LogP contribution is -2.40. The second-order valence-corrected chi connectivity index (χ2v) is 8.74. The van der Waals surface area contributed by atoms with E-state index >= 15 is 0 Å². The van der Waals surface area contributed by atoms with Gasteiger partial charge < -0.3 is 35.0 Å². The van der Waals surface area contributed by atoms with E-state index < -0.39 is 24.3 Å². The summed E-state index contributed by atoms with van der Waals surface area (Å²) < 4.78 is 40.7. The summed E-state index contributed by atoms with van der Waals surface area (Å²) in [5.41, 5.74) is 0.580. The van der Waals surface area contributed by atoms with Crippen molar-refractivity contribution in [3.05, 3.63) is 24.0 Å². The fraction of sp³-hybridized carbons (Fsp3) is 0.478. The minimum absolute atomic E-state index is 0.0279. The number of carboxylic acid groups (broad SMARTS) is 1. The molecule has 4 heterocycles. The molecule has 2 saturated heterocycles. The molecule has 0 saturated carbocycles. The van der Waals surface area contributed by atoms with Crippen LogP contribution in [-0.4, -0.2) is 101 Å². The first-order chi connectivity index (χ1) is 18.9. The van der Waals surface area contributed by atoms with Crippen LogP contribution < -0.4 is 20.4 Å². The summed E-state index contributed by atoms with van der Waals surface area (Å²) in [6.07, 6.45) is -4.38. The molecule has 3 aromatic rings. The molecule has 2 amide bonds. The fourth-order valence-electron chi connectivity index (χ4n) is 4.32. The molecule has 2 aliphatic rings. The molecule has 3 N–H and O–H groups in total. The highest BCUT2D eigenvalue weighted by molar-refractivity contribution is 6.00. The first kappa shape index (κ1) is 26.4. The number of nitrogens with zero attached hydrogens (tertiary/aromatic N) is 7. The van der Waals surface area contributed by atoms with Gasteiger partial charge in [-0.05, 0) is 12.1 Å². The van der Waals surface area contributed by atoms with Crippen LogP contribution in [0, 0.1) is 0 Å². The Morgan fingerprint density at radius 3 is 2.08 bits per heavy atom. The van der Waals surface area contributed by atoms with Gasteiger partial charge in [-0.3, -0.25) is 9.36 Å². The van der Waals surface area contributed by atoms with Crippen LogP contribution in [-0.2, 0) is 14.3 Å². The van der Waals surface area contributed by atoms with Crippen molar-refractivity contribution in [2.45, 2.75) is 12.8 Å². The molecular formula is C23H27F2N9O5. The molecule has 5 rings (SSSR count). The molecule has 0 spiro atoms. The monoisotopic (exact) mass is 547 g/mol. The number of carbonyl (C=O) groups is 2. The predicted octanol–water partition coefficient (Wildman–Crippen LogP) is 1.42. The number of benzene rings is 1. The van der Waals surface area contributed by atoms with Gasteiger partial charge in [0.15, 0.2) is 5.82 Å². The van der Waals surface area contributed by atoms with Gasteiger partial charge in [0.05, 0.1) is 37.6 Å². The van der Waals surface area contributed by atoms with E-state index in [0.29, 0.717) is 64.5 Å². The third-order valence-corrected chi connectivity index (χ3v) is 6.20. The maximum atomic E-state index is 14.3. The lowest BCUT2D eigenvalue weighted by atomic mass is 10.2. The second kappa shape index (κ2) is 11.7. The number of hydrogen-bond acceptors (Lipinski definition) is 10. The minimum Gasteiger partial charge on any atom is -0.465 e.